The van der Waals surface area contributed by atoms with E-state index < -0.39 is 20.5 Å². The number of methoxy groups -OCH3 is 1. The van der Waals surface area contributed by atoms with E-state index in [1.165, 1.54) is 4.90 Å². The third-order valence-corrected chi connectivity index (χ3v) is 4.10. The molecule has 0 heterocycles. The van der Waals surface area contributed by atoms with Gasteiger partial charge in [-0.25, -0.2) is 0 Å². The maximum absolute atomic E-state index is 13.1. The lowest BCUT2D eigenvalue weighted by atomic mass is 10.2. The largest absolute Gasteiger partial charge is 0.428 e. The Balaban J connectivity index is 2.95. The average Bonchev–Trinajstić information content (AvgIpc) is 2.26. The zero-order valence-electron chi connectivity index (χ0n) is 12.4. The van der Waals surface area contributed by atoms with Crippen molar-refractivity contribution in [2.24, 2.45) is 0 Å². The van der Waals surface area contributed by atoms with Crippen LogP contribution in [0.5, 0.6) is 0 Å². The van der Waals surface area contributed by atoms with Crippen molar-refractivity contribution in [3.05, 3.63) is 35.9 Å². The minimum Gasteiger partial charge on any atom is -0.357 e. The van der Waals surface area contributed by atoms with Crippen LogP contribution in [0, 0.1) is 0 Å². The fraction of sp³-hybridized carbons (Fsp3) is 0.571. The Morgan fingerprint density at radius 2 is 1.70 bits per heavy atom. The second-order valence-corrected chi connectivity index (χ2v) is 11.5. The number of nitrogens with zero attached hydrogens (tertiary/aromatic N) is 1. The molecular formula is C14H22F3NOSi. The molecular weight excluding hydrogens is 283 g/mol. The number of hydrogen-bond acceptors (Lipinski definition) is 2. The summed E-state index contributed by atoms with van der Waals surface area (Å²) < 4.78 is 44.0. The number of benzene rings is 1. The maximum atomic E-state index is 13.1. The van der Waals surface area contributed by atoms with Gasteiger partial charge in [0.2, 0.25) is 6.23 Å². The molecule has 1 unspecified atom stereocenters. The summed E-state index contributed by atoms with van der Waals surface area (Å²) in [6, 6.07) is 9.18. The first-order valence-electron chi connectivity index (χ1n) is 6.51. The van der Waals surface area contributed by atoms with E-state index >= 15 is 0 Å². The summed E-state index contributed by atoms with van der Waals surface area (Å²) in [6.45, 7) is 6.39. The Hall–Kier alpha value is -0.853. The number of ether oxygens (including phenoxy) is 1. The van der Waals surface area contributed by atoms with Gasteiger partial charge in [0.05, 0.1) is 8.07 Å². The fourth-order valence-electron chi connectivity index (χ4n) is 2.14. The van der Waals surface area contributed by atoms with Gasteiger partial charge in [-0.2, -0.15) is 13.2 Å². The Kier molecular flexibility index (Phi) is 5.79. The van der Waals surface area contributed by atoms with Crippen LogP contribution in [0.25, 0.3) is 0 Å². The van der Waals surface area contributed by atoms with Crippen molar-refractivity contribution in [1.29, 1.82) is 0 Å². The van der Waals surface area contributed by atoms with Crippen molar-refractivity contribution in [2.75, 3.05) is 13.3 Å². The van der Waals surface area contributed by atoms with Gasteiger partial charge in [-0.3, -0.25) is 4.90 Å². The molecule has 114 valence electrons. The van der Waals surface area contributed by atoms with Gasteiger partial charge in [0.15, 0.2) is 0 Å². The van der Waals surface area contributed by atoms with Gasteiger partial charge < -0.3 is 4.74 Å². The first-order valence-corrected chi connectivity index (χ1v) is 10.2. The predicted octanol–water partition coefficient (Wildman–Crippen LogP) is 3.90. The molecule has 0 spiro atoms. The molecule has 0 fully saturated rings. The van der Waals surface area contributed by atoms with Crippen LogP contribution >= 0.6 is 0 Å². The molecule has 1 aromatic carbocycles. The van der Waals surface area contributed by atoms with E-state index in [4.69, 9.17) is 4.74 Å². The summed E-state index contributed by atoms with van der Waals surface area (Å²) in [5.74, 6) is 0. The van der Waals surface area contributed by atoms with Gasteiger partial charge in [-0.05, 0) is 11.7 Å². The second kappa shape index (κ2) is 6.73. The van der Waals surface area contributed by atoms with Gasteiger partial charge in [0.1, 0.15) is 0 Å². The molecule has 0 N–H and O–H groups in total. The van der Waals surface area contributed by atoms with Crippen molar-refractivity contribution in [2.45, 2.75) is 38.6 Å². The summed E-state index contributed by atoms with van der Waals surface area (Å²) in [5.41, 5.74) is 0.858. The molecule has 2 nitrogen and oxygen atoms in total. The van der Waals surface area contributed by atoms with Gasteiger partial charge in [0.25, 0.3) is 0 Å². The molecule has 1 atom stereocenters. The monoisotopic (exact) mass is 305 g/mol. The topological polar surface area (TPSA) is 12.5 Å². The van der Waals surface area contributed by atoms with Crippen molar-refractivity contribution in [1.82, 2.24) is 4.90 Å². The Bertz CT molecular complexity index is 403. The highest BCUT2D eigenvalue weighted by molar-refractivity contribution is 6.76. The van der Waals surface area contributed by atoms with Gasteiger partial charge in [-0.1, -0.05) is 50.0 Å². The molecule has 1 rings (SSSR count). The Labute approximate surface area is 119 Å². The van der Waals surface area contributed by atoms with Gasteiger partial charge >= 0.3 is 6.18 Å². The Morgan fingerprint density at radius 1 is 1.15 bits per heavy atom. The molecule has 0 aliphatic carbocycles. The van der Waals surface area contributed by atoms with Crippen LogP contribution in [0.1, 0.15) is 5.56 Å². The number of hydrogen-bond donors (Lipinski definition) is 0. The third kappa shape index (κ3) is 5.64. The number of halogens is 3. The Morgan fingerprint density at radius 3 is 2.10 bits per heavy atom. The van der Waals surface area contributed by atoms with Crippen LogP contribution < -0.4 is 0 Å². The minimum atomic E-state index is -4.39. The summed E-state index contributed by atoms with van der Waals surface area (Å²) >= 11 is 0. The molecule has 0 aromatic heterocycles. The lowest BCUT2D eigenvalue weighted by molar-refractivity contribution is -0.258. The SMILES string of the molecule is COC(N(Cc1ccccc1)C[Si](C)(C)C)C(F)(F)F. The van der Waals surface area contributed by atoms with E-state index in [-0.39, 0.29) is 6.54 Å². The number of alkyl halides is 3. The zero-order chi connectivity index (χ0) is 15.4. The maximum Gasteiger partial charge on any atom is 0.428 e. The van der Waals surface area contributed by atoms with E-state index in [2.05, 4.69) is 0 Å². The van der Waals surface area contributed by atoms with E-state index in [9.17, 15) is 13.2 Å². The van der Waals surface area contributed by atoms with Gasteiger partial charge in [-0.15, -0.1) is 0 Å². The standard InChI is InChI=1S/C14H22F3NOSi/c1-19-13(14(15,16)17)18(11-20(2,3)4)10-12-8-6-5-7-9-12/h5-9,13H,10-11H2,1-4H3. The molecule has 0 saturated heterocycles. The lowest BCUT2D eigenvalue weighted by Gasteiger charge is -2.35. The van der Waals surface area contributed by atoms with Crippen LogP contribution in [-0.2, 0) is 11.3 Å². The fourth-order valence-corrected chi connectivity index (χ4v) is 3.63. The lowest BCUT2D eigenvalue weighted by Crippen LogP contribution is -2.52. The zero-order valence-corrected chi connectivity index (χ0v) is 13.4. The van der Waals surface area contributed by atoms with E-state index in [0.717, 1.165) is 12.7 Å². The van der Waals surface area contributed by atoms with Crippen LogP contribution in [0.4, 0.5) is 13.2 Å². The molecule has 0 aliphatic rings. The highest BCUT2D eigenvalue weighted by Crippen LogP contribution is 2.27. The molecule has 0 bridgehead atoms. The van der Waals surface area contributed by atoms with Crippen molar-refractivity contribution >= 4 is 8.07 Å². The average molecular weight is 305 g/mol. The smallest absolute Gasteiger partial charge is 0.357 e. The minimum absolute atomic E-state index is 0.239. The first kappa shape index (κ1) is 17.2. The predicted molar refractivity (Wildman–Crippen MR) is 77.1 cm³/mol. The van der Waals surface area contributed by atoms with Crippen molar-refractivity contribution in [3.63, 3.8) is 0 Å². The molecule has 1 aromatic rings. The quantitative estimate of drug-likeness (QED) is 0.584. The van der Waals surface area contributed by atoms with Crippen molar-refractivity contribution in [3.8, 4) is 0 Å². The van der Waals surface area contributed by atoms with Crippen molar-refractivity contribution < 1.29 is 17.9 Å². The molecule has 0 amide bonds. The summed E-state index contributed by atoms with van der Waals surface area (Å²) in [4.78, 5) is 1.39. The second-order valence-electron chi connectivity index (χ2n) is 6.08. The van der Waals surface area contributed by atoms with E-state index in [1.807, 2.05) is 50.0 Å². The number of rotatable bonds is 6. The summed E-state index contributed by atoms with van der Waals surface area (Å²) in [6.07, 6.45) is -5.81. The molecule has 0 saturated carbocycles. The normalized spacial score (nSPS) is 14.6. The van der Waals surface area contributed by atoms with Crippen LogP contribution in [0.2, 0.25) is 19.6 Å². The molecule has 0 aliphatic heterocycles. The molecule has 6 heteroatoms. The van der Waals surface area contributed by atoms with E-state index in [0.29, 0.717) is 6.17 Å². The highest BCUT2D eigenvalue weighted by Gasteiger charge is 2.45. The first-order chi connectivity index (χ1) is 9.13. The highest BCUT2D eigenvalue weighted by atomic mass is 28.3. The van der Waals surface area contributed by atoms with Crippen LogP contribution in [0.3, 0.4) is 0 Å². The van der Waals surface area contributed by atoms with Crippen LogP contribution in [0.15, 0.2) is 30.3 Å². The molecule has 0 radical (unpaired) electrons. The summed E-state index contributed by atoms with van der Waals surface area (Å²) in [7, 11) is -0.575. The summed E-state index contributed by atoms with van der Waals surface area (Å²) in [5, 5.41) is 0. The third-order valence-electron chi connectivity index (χ3n) is 2.74. The molecule has 20 heavy (non-hydrogen) atoms. The van der Waals surface area contributed by atoms with E-state index in [1.54, 1.807) is 0 Å². The van der Waals surface area contributed by atoms with Gasteiger partial charge in [0, 0.05) is 13.7 Å². The van der Waals surface area contributed by atoms with Crippen LogP contribution in [-0.4, -0.2) is 38.7 Å².